The van der Waals surface area contributed by atoms with Gasteiger partial charge in [-0.25, -0.2) is 4.79 Å². The maximum atomic E-state index is 14.4. The summed E-state index contributed by atoms with van der Waals surface area (Å²) in [6.07, 6.45) is 4.05. The van der Waals surface area contributed by atoms with Crippen molar-refractivity contribution in [3.05, 3.63) is 12.4 Å². The largest absolute Gasteiger partial charge is 0.447 e. The number of amides is 4. The molecule has 3 saturated carbocycles. The minimum Gasteiger partial charge on any atom is -0.447 e. The zero-order chi connectivity index (χ0) is 34.4. The summed E-state index contributed by atoms with van der Waals surface area (Å²) in [5.41, 5.74) is 4.29. The molecule has 4 amide bonds. The third-order valence-electron chi connectivity index (χ3n) is 10.3. The number of rotatable bonds is 15. The molecule has 12 heteroatoms. The maximum Gasteiger partial charge on any atom is 0.407 e. The van der Waals surface area contributed by atoms with E-state index in [1.54, 1.807) is 4.90 Å². The summed E-state index contributed by atoms with van der Waals surface area (Å²) in [7, 11) is 0. The van der Waals surface area contributed by atoms with Crippen LogP contribution in [0.5, 0.6) is 0 Å². The van der Waals surface area contributed by atoms with Crippen LogP contribution in [0.2, 0.25) is 0 Å². The summed E-state index contributed by atoms with van der Waals surface area (Å²) in [5.74, 6) is -1.28. The van der Waals surface area contributed by atoms with Gasteiger partial charge in [0.05, 0.1) is 17.9 Å². The summed E-state index contributed by atoms with van der Waals surface area (Å²) < 4.78 is 5.52. The van der Waals surface area contributed by atoms with Crippen LogP contribution in [-0.2, 0) is 23.9 Å². The molecule has 0 radical (unpaired) electrons. The molecular formula is C34H56N6O6. The Morgan fingerprint density at radius 3 is 2.07 bits per heavy atom. The number of hydrogen-bond donors (Lipinski definition) is 5. The second-order valence-electron chi connectivity index (χ2n) is 16.8. The van der Waals surface area contributed by atoms with Gasteiger partial charge in [0, 0.05) is 13.1 Å². The van der Waals surface area contributed by atoms with E-state index in [0.29, 0.717) is 31.2 Å². The average molecular weight is 645 g/mol. The van der Waals surface area contributed by atoms with Gasteiger partial charge in [-0.15, -0.1) is 0 Å². The summed E-state index contributed by atoms with van der Waals surface area (Å²) in [6, 6.07) is -2.84. The van der Waals surface area contributed by atoms with Gasteiger partial charge in [-0.3, -0.25) is 19.2 Å². The van der Waals surface area contributed by atoms with Gasteiger partial charge in [-0.1, -0.05) is 74.8 Å². The van der Waals surface area contributed by atoms with Crippen molar-refractivity contribution in [1.82, 2.24) is 26.2 Å². The molecule has 4 aliphatic rings. The van der Waals surface area contributed by atoms with E-state index >= 15 is 0 Å². The van der Waals surface area contributed by atoms with Crippen molar-refractivity contribution in [2.75, 3.05) is 19.7 Å². The molecule has 4 rings (SSSR count). The molecule has 4 fully saturated rings. The van der Waals surface area contributed by atoms with Gasteiger partial charge in [0.2, 0.25) is 17.6 Å². The second kappa shape index (κ2) is 13.1. The van der Waals surface area contributed by atoms with Crippen LogP contribution in [0.3, 0.4) is 0 Å². The second-order valence-corrected chi connectivity index (χ2v) is 16.8. The van der Waals surface area contributed by atoms with Gasteiger partial charge in [0.25, 0.3) is 5.91 Å². The van der Waals surface area contributed by atoms with Gasteiger partial charge in [-0.2, -0.15) is 0 Å². The lowest BCUT2D eigenvalue weighted by Gasteiger charge is -2.40. The molecule has 0 spiro atoms. The fraction of sp³-hybridized carbons (Fsp3) is 0.794. The predicted octanol–water partition coefficient (Wildman–Crippen LogP) is 2.42. The summed E-state index contributed by atoms with van der Waals surface area (Å²) in [4.78, 5) is 66.5. The van der Waals surface area contributed by atoms with Crippen molar-refractivity contribution in [2.45, 2.75) is 112 Å². The highest BCUT2D eigenvalue weighted by molar-refractivity contribution is 6.37. The van der Waals surface area contributed by atoms with Gasteiger partial charge in [0.1, 0.15) is 18.7 Å². The van der Waals surface area contributed by atoms with Crippen molar-refractivity contribution >= 4 is 29.6 Å². The highest BCUT2D eigenvalue weighted by Gasteiger charge is 2.70. The quantitative estimate of drug-likeness (QED) is 0.169. The fourth-order valence-corrected chi connectivity index (χ4v) is 6.67. The number of alkyl carbamates (subject to hydrolysis) is 1. The van der Waals surface area contributed by atoms with Crippen LogP contribution >= 0.6 is 0 Å². The van der Waals surface area contributed by atoms with Crippen molar-refractivity contribution in [3.63, 3.8) is 0 Å². The zero-order valence-corrected chi connectivity index (χ0v) is 29.0. The number of primary amides is 1. The molecule has 3 aliphatic carbocycles. The molecule has 6 atom stereocenters. The first-order valence-corrected chi connectivity index (χ1v) is 16.8. The SMILES string of the molecule is C=C(NC(C(=O)N1C[C@H]2[C@@H](C1C(=O)NC(CC1CC1)C(=O)C(N)=O)C2(C)C)C(C)(C)C)N[C@H](COC(=O)NCC1CC1)C(C)(C)C. The van der Waals surface area contributed by atoms with Crippen molar-refractivity contribution < 1.29 is 28.7 Å². The lowest BCUT2D eigenvalue weighted by atomic mass is 9.85. The van der Waals surface area contributed by atoms with Crippen LogP contribution in [0.1, 0.15) is 87.5 Å². The normalized spacial score (nSPS) is 25.3. The Labute approximate surface area is 273 Å². The van der Waals surface area contributed by atoms with Crippen LogP contribution in [-0.4, -0.2) is 78.4 Å². The maximum absolute atomic E-state index is 14.4. The van der Waals surface area contributed by atoms with Gasteiger partial charge < -0.3 is 36.6 Å². The Hall–Kier alpha value is -3.31. The monoisotopic (exact) mass is 644 g/mol. The van der Waals surface area contributed by atoms with E-state index in [1.807, 2.05) is 41.5 Å². The van der Waals surface area contributed by atoms with Gasteiger partial charge in [-0.05, 0) is 59.2 Å². The summed E-state index contributed by atoms with van der Waals surface area (Å²) in [5, 5.41) is 12.3. The molecule has 46 heavy (non-hydrogen) atoms. The number of Topliss-reactive ketones (excluding diaryl/α,β-unsaturated/α-hetero) is 1. The lowest BCUT2D eigenvalue weighted by molar-refractivity contribution is -0.145. The summed E-state index contributed by atoms with van der Waals surface area (Å²) in [6.45, 7) is 21.4. The smallest absolute Gasteiger partial charge is 0.407 e. The fourth-order valence-electron chi connectivity index (χ4n) is 6.67. The standard InChI is InChI=1S/C34H56N6O6/c1-18(37-23(32(2,3)4)17-46-31(45)36-15-20-12-13-20)38-27(33(5,6)7)30(44)40-16-21-24(34(21,8)9)25(40)29(43)39-22(14-19-10-11-19)26(41)28(35)42/h19-25,27,37-38H,1,10-17H2,2-9H3,(H2,35,42)(H,36,45)(H,39,43)/t21-,22?,23+,24-,25?,27?/m0/s1. The van der Waals surface area contributed by atoms with Crippen molar-refractivity contribution in [2.24, 2.45) is 45.7 Å². The molecular weight excluding hydrogens is 588 g/mol. The number of nitrogens with zero attached hydrogens (tertiary/aromatic N) is 1. The number of hydrogen-bond acceptors (Lipinski definition) is 8. The minimum atomic E-state index is -1.07. The van der Waals surface area contributed by atoms with Crippen LogP contribution < -0.4 is 27.0 Å². The van der Waals surface area contributed by atoms with Crippen LogP contribution in [0.15, 0.2) is 12.4 Å². The van der Waals surface area contributed by atoms with Gasteiger partial charge in [0.15, 0.2) is 0 Å². The van der Waals surface area contributed by atoms with E-state index in [2.05, 4.69) is 41.7 Å². The van der Waals surface area contributed by atoms with Gasteiger partial charge >= 0.3 is 6.09 Å². The number of carbonyl (C=O) groups excluding carboxylic acids is 5. The number of nitrogens with two attached hydrogens (primary N) is 1. The van der Waals surface area contributed by atoms with Crippen molar-refractivity contribution in [3.8, 4) is 0 Å². The van der Waals surface area contributed by atoms with E-state index in [4.69, 9.17) is 10.5 Å². The first-order chi connectivity index (χ1) is 21.2. The first kappa shape index (κ1) is 35.5. The van der Waals surface area contributed by atoms with E-state index in [9.17, 15) is 24.0 Å². The summed E-state index contributed by atoms with van der Waals surface area (Å²) >= 11 is 0. The molecule has 12 nitrogen and oxygen atoms in total. The molecule has 258 valence electrons. The number of piperidine rings is 1. The Morgan fingerprint density at radius 1 is 0.935 bits per heavy atom. The third-order valence-corrected chi connectivity index (χ3v) is 10.3. The van der Waals surface area contributed by atoms with Crippen molar-refractivity contribution in [1.29, 1.82) is 0 Å². The predicted molar refractivity (Wildman–Crippen MR) is 174 cm³/mol. The molecule has 0 aromatic heterocycles. The van der Waals surface area contributed by atoms with Crippen LogP contribution in [0, 0.1) is 39.9 Å². The minimum absolute atomic E-state index is 0.0721. The molecule has 1 heterocycles. The van der Waals surface area contributed by atoms with E-state index in [-0.39, 0.29) is 47.1 Å². The number of ketones is 1. The number of likely N-dealkylation sites (tertiary alicyclic amines) is 1. The Bertz CT molecular complexity index is 1230. The molecule has 0 aromatic carbocycles. The topological polar surface area (TPSA) is 172 Å². The number of ether oxygens (including phenoxy) is 1. The molecule has 1 saturated heterocycles. The molecule has 1 aliphatic heterocycles. The Balaban J connectivity index is 1.46. The van der Waals surface area contributed by atoms with Crippen LogP contribution in [0.25, 0.3) is 0 Å². The third kappa shape index (κ3) is 8.53. The number of carbonyl (C=O) groups is 5. The first-order valence-electron chi connectivity index (χ1n) is 16.8. The van der Waals surface area contributed by atoms with Crippen LogP contribution in [0.4, 0.5) is 4.79 Å². The lowest BCUT2D eigenvalue weighted by Crippen LogP contribution is -2.60. The highest BCUT2D eigenvalue weighted by atomic mass is 16.5. The highest BCUT2D eigenvalue weighted by Crippen LogP contribution is 2.65. The molecule has 3 unspecified atom stereocenters. The average Bonchev–Trinajstić information content (AvgIpc) is 3.89. The van der Waals surface area contributed by atoms with E-state index in [1.165, 1.54) is 0 Å². The number of fused-ring (bicyclic) bond motifs is 1. The Kier molecular flexibility index (Phi) is 10.1. The number of nitrogens with one attached hydrogen (secondary N) is 4. The molecule has 6 N–H and O–H groups in total. The molecule has 0 bridgehead atoms. The molecule has 0 aromatic rings. The zero-order valence-electron chi connectivity index (χ0n) is 29.0. The Morgan fingerprint density at radius 2 is 1.54 bits per heavy atom. The van der Waals surface area contributed by atoms with E-state index < -0.39 is 47.2 Å². The van der Waals surface area contributed by atoms with E-state index in [0.717, 1.165) is 25.7 Å².